The molecule has 0 aliphatic rings. The van der Waals surface area contributed by atoms with Crippen molar-refractivity contribution in [2.24, 2.45) is 4.99 Å². The van der Waals surface area contributed by atoms with E-state index in [1.807, 2.05) is 0 Å². The summed E-state index contributed by atoms with van der Waals surface area (Å²) in [4.78, 5) is 15.0. The number of nitrogens with zero attached hydrogens (tertiary/aromatic N) is 2. The first-order valence-electron chi connectivity index (χ1n) is 5.48. The highest BCUT2D eigenvalue weighted by Gasteiger charge is 2.31. The summed E-state index contributed by atoms with van der Waals surface area (Å²) in [5.74, 6) is 0. The molecule has 102 valence electrons. The molecule has 18 heavy (non-hydrogen) atoms. The average Bonchev–Trinajstić information content (AvgIpc) is 2.15. The fourth-order valence-corrected chi connectivity index (χ4v) is 0.270. The number of rotatable bonds is 4. The van der Waals surface area contributed by atoms with Gasteiger partial charge in [-0.3, -0.25) is 9.79 Å². The Morgan fingerprint density at radius 2 is 1.56 bits per heavy atom. The molecule has 0 aromatic heterocycles. The summed E-state index contributed by atoms with van der Waals surface area (Å²) >= 11 is 0. The highest BCUT2D eigenvalue weighted by Crippen LogP contribution is 2.19. The number of carbonyl (C=O) groups excluding carboxylic acids is 1. The molecule has 0 heterocycles. The van der Waals surface area contributed by atoms with Crippen molar-refractivity contribution in [1.29, 1.82) is 0 Å². The molecule has 0 spiro atoms. The number of aldehydes is 1. The van der Waals surface area contributed by atoms with Crippen molar-refractivity contribution in [3.63, 3.8) is 0 Å². The quantitative estimate of drug-likeness (QED) is 0.430. The Balaban J connectivity index is 0. The monoisotopic (exact) mass is 254 g/mol. The molecule has 0 rings (SSSR count). The van der Waals surface area contributed by atoms with E-state index >= 15 is 0 Å². The van der Waals surface area contributed by atoms with Gasteiger partial charge in [0, 0.05) is 20.3 Å². The maximum atomic E-state index is 9.72. The standard InChI is InChI=1S/C6H9BN2O.C6H14O2/c1-9(2)6(7)5-8-3-4-10;1-5(2,7)6(3,4)8/h3-5H,1-2H3;7-8H,1-4H3/b6-5-,8-3?;. The molecule has 2 radical (unpaired) electrons. The van der Waals surface area contributed by atoms with Crippen LogP contribution in [-0.4, -0.2) is 60.8 Å². The fourth-order valence-electron chi connectivity index (χ4n) is 0.270. The molecule has 0 fully saturated rings. The second kappa shape index (κ2) is 8.05. The maximum absolute atomic E-state index is 9.72. The van der Waals surface area contributed by atoms with E-state index in [2.05, 4.69) is 4.99 Å². The van der Waals surface area contributed by atoms with E-state index in [1.54, 1.807) is 46.7 Å². The maximum Gasteiger partial charge on any atom is 0.161 e. The summed E-state index contributed by atoms with van der Waals surface area (Å²) in [6.07, 6.45) is 3.14. The van der Waals surface area contributed by atoms with E-state index in [9.17, 15) is 4.79 Å². The highest BCUT2D eigenvalue weighted by molar-refractivity contribution is 6.21. The Morgan fingerprint density at radius 1 is 1.17 bits per heavy atom. The molecular formula is C12H23BN2O3. The minimum absolute atomic E-state index is 0.512. The van der Waals surface area contributed by atoms with E-state index in [0.29, 0.717) is 11.9 Å². The van der Waals surface area contributed by atoms with Gasteiger partial charge < -0.3 is 15.1 Å². The first-order valence-corrected chi connectivity index (χ1v) is 5.48. The normalized spacial score (nSPS) is 13.0. The highest BCUT2D eigenvalue weighted by atomic mass is 16.3. The number of carbonyl (C=O) groups is 1. The molecule has 0 aromatic rings. The van der Waals surface area contributed by atoms with Crippen LogP contribution in [0, 0.1) is 0 Å². The zero-order valence-electron chi connectivity index (χ0n) is 12.0. The second-order valence-electron chi connectivity index (χ2n) is 5.00. The van der Waals surface area contributed by atoms with Gasteiger partial charge in [0.25, 0.3) is 0 Å². The SMILES string of the molecule is CC(C)(O)C(C)(C)O.[B]/C(=C/N=CC=O)N(C)C. The van der Waals surface area contributed by atoms with E-state index in [1.165, 1.54) is 6.20 Å². The lowest BCUT2D eigenvalue weighted by Gasteiger charge is -2.31. The summed E-state index contributed by atoms with van der Waals surface area (Å²) in [6, 6.07) is 0. The Hall–Kier alpha value is -1.14. The van der Waals surface area contributed by atoms with Crippen molar-refractivity contribution in [1.82, 2.24) is 4.90 Å². The summed E-state index contributed by atoms with van der Waals surface area (Å²) in [6.45, 7) is 6.31. The summed E-state index contributed by atoms with van der Waals surface area (Å²) < 4.78 is 0. The van der Waals surface area contributed by atoms with Gasteiger partial charge in [-0.05, 0) is 33.3 Å². The lowest BCUT2D eigenvalue weighted by molar-refractivity contribution is -0.107. The Kier molecular flexibility index (Phi) is 8.59. The molecule has 0 saturated heterocycles. The first kappa shape index (κ1) is 19.2. The first-order chi connectivity index (χ1) is 7.93. The molecule has 0 atom stereocenters. The van der Waals surface area contributed by atoms with E-state index in [0.717, 1.165) is 6.21 Å². The largest absolute Gasteiger partial charge is 0.389 e. The molecule has 0 amide bonds. The third-order valence-corrected chi connectivity index (χ3v) is 2.37. The van der Waals surface area contributed by atoms with Crippen LogP contribution in [-0.2, 0) is 4.79 Å². The molecule has 0 aliphatic heterocycles. The van der Waals surface area contributed by atoms with Crippen molar-refractivity contribution < 1.29 is 15.0 Å². The van der Waals surface area contributed by atoms with E-state index < -0.39 is 11.2 Å². The van der Waals surface area contributed by atoms with Crippen LogP contribution in [0.5, 0.6) is 0 Å². The zero-order valence-corrected chi connectivity index (χ0v) is 12.0. The van der Waals surface area contributed by atoms with Gasteiger partial charge in [0.2, 0.25) is 0 Å². The van der Waals surface area contributed by atoms with Crippen molar-refractivity contribution >= 4 is 20.3 Å². The molecule has 0 aromatic carbocycles. The predicted molar refractivity (Wildman–Crippen MR) is 74.7 cm³/mol. The van der Waals surface area contributed by atoms with Crippen LogP contribution < -0.4 is 0 Å². The lowest BCUT2D eigenvalue weighted by atomic mass is 9.90. The van der Waals surface area contributed by atoms with Gasteiger partial charge in [0.1, 0.15) is 7.85 Å². The molecule has 0 saturated carbocycles. The molecule has 0 bridgehead atoms. The molecule has 6 heteroatoms. The Labute approximate surface area is 111 Å². The van der Waals surface area contributed by atoms with Gasteiger partial charge in [0.15, 0.2) is 6.29 Å². The molecule has 2 N–H and O–H groups in total. The van der Waals surface area contributed by atoms with Crippen LogP contribution in [0.4, 0.5) is 0 Å². The predicted octanol–water partition coefficient (Wildman–Crippen LogP) is 0.313. The summed E-state index contributed by atoms with van der Waals surface area (Å²) in [5.41, 5.74) is -1.50. The van der Waals surface area contributed by atoms with Crippen LogP contribution in [0.15, 0.2) is 16.8 Å². The van der Waals surface area contributed by atoms with Gasteiger partial charge in [-0.2, -0.15) is 0 Å². The van der Waals surface area contributed by atoms with Crippen molar-refractivity contribution in [3.05, 3.63) is 11.8 Å². The van der Waals surface area contributed by atoms with Gasteiger partial charge in [0.05, 0.1) is 17.4 Å². The average molecular weight is 254 g/mol. The van der Waals surface area contributed by atoms with Crippen molar-refractivity contribution in [2.75, 3.05) is 14.1 Å². The number of hydrogen-bond donors (Lipinski definition) is 2. The van der Waals surface area contributed by atoms with Crippen LogP contribution >= 0.6 is 0 Å². The fraction of sp³-hybridized carbons (Fsp3) is 0.667. The molecule has 0 aliphatic carbocycles. The van der Waals surface area contributed by atoms with Gasteiger partial charge in [-0.15, -0.1) is 0 Å². The van der Waals surface area contributed by atoms with Gasteiger partial charge in [-0.25, -0.2) is 0 Å². The van der Waals surface area contributed by atoms with Gasteiger partial charge >= 0.3 is 0 Å². The molecule has 5 nitrogen and oxygen atoms in total. The van der Waals surface area contributed by atoms with Crippen LogP contribution in [0.2, 0.25) is 0 Å². The zero-order chi connectivity index (χ0) is 15.0. The third kappa shape index (κ3) is 10.0. The van der Waals surface area contributed by atoms with E-state index in [4.69, 9.17) is 18.1 Å². The molecular weight excluding hydrogens is 231 g/mol. The molecule has 0 unspecified atom stereocenters. The van der Waals surface area contributed by atoms with Crippen LogP contribution in [0.1, 0.15) is 27.7 Å². The lowest BCUT2D eigenvalue weighted by Crippen LogP contribution is -2.44. The van der Waals surface area contributed by atoms with Crippen molar-refractivity contribution in [2.45, 2.75) is 38.9 Å². The van der Waals surface area contributed by atoms with Gasteiger partial charge in [-0.1, -0.05) is 0 Å². The minimum atomic E-state index is -1.01. The van der Waals surface area contributed by atoms with Crippen LogP contribution in [0.25, 0.3) is 0 Å². The third-order valence-electron chi connectivity index (χ3n) is 2.37. The Bertz CT molecular complexity index is 287. The van der Waals surface area contributed by atoms with Crippen LogP contribution in [0.3, 0.4) is 0 Å². The number of aliphatic imine (C=N–C) groups is 1. The summed E-state index contributed by atoms with van der Waals surface area (Å²) in [7, 11) is 9.00. The smallest absolute Gasteiger partial charge is 0.161 e. The number of hydrogen-bond acceptors (Lipinski definition) is 5. The number of aliphatic hydroxyl groups is 2. The topological polar surface area (TPSA) is 73.1 Å². The van der Waals surface area contributed by atoms with E-state index in [-0.39, 0.29) is 0 Å². The second-order valence-corrected chi connectivity index (χ2v) is 5.00. The van der Waals surface area contributed by atoms with Crippen molar-refractivity contribution in [3.8, 4) is 0 Å². The minimum Gasteiger partial charge on any atom is -0.389 e. The Morgan fingerprint density at radius 3 is 1.78 bits per heavy atom. The summed E-state index contributed by atoms with van der Waals surface area (Å²) in [5, 5.41) is 18.2.